The van der Waals surface area contributed by atoms with Gasteiger partial charge in [-0.1, -0.05) is 19.3 Å². The monoisotopic (exact) mass is 283 g/mol. The minimum Gasteiger partial charge on any atom is -0.383 e. The van der Waals surface area contributed by atoms with E-state index in [9.17, 15) is 8.78 Å². The molecule has 2 rings (SSSR count). The van der Waals surface area contributed by atoms with E-state index in [-0.39, 0.29) is 5.41 Å². The molecule has 1 N–H and O–H groups in total. The van der Waals surface area contributed by atoms with E-state index in [4.69, 9.17) is 4.74 Å². The predicted octanol–water partition coefficient (Wildman–Crippen LogP) is 3.40. The first-order valence-corrected chi connectivity index (χ1v) is 7.32. The molecule has 0 bridgehead atoms. The Morgan fingerprint density at radius 1 is 1.10 bits per heavy atom. The number of nitrogens with one attached hydrogen (secondary N) is 1. The molecule has 0 saturated heterocycles. The third-order valence-corrected chi connectivity index (χ3v) is 4.23. The van der Waals surface area contributed by atoms with Gasteiger partial charge in [0.2, 0.25) is 0 Å². The summed E-state index contributed by atoms with van der Waals surface area (Å²) in [7, 11) is 1.67. The van der Waals surface area contributed by atoms with Crippen LogP contribution in [0.25, 0.3) is 0 Å². The summed E-state index contributed by atoms with van der Waals surface area (Å²) in [5, 5.41) is 3.36. The van der Waals surface area contributed by atoms with Gasteiger partial charge in [-0.3, -0.25) is 0 Å². The van der Waals surface area contributed by atoms with Crippen LogP contribution in [0.5, 0.6) is 0 Å². The fourth-order valence-electron chi connectivity index (χ4n) is 3.16. The lowest BCUT2D eigenvalue weighted by Crippen LogP contribution is -2.41. The lowest BCUT2D eigenvalue weighted by atomic mass is 9.69. The van der Waals surface area contributed by atoms with Gasteiger partial charge in [0.25, 0.3) is 0 Å². The first-order valence-electron chi connectivity index (χ1n) is 7.32. The fraction of sp³-hybridized carbons (Fsp3) is 0.625. The highest BCUT2D eigenvalue weighted by atomic mass is 19.1. The number of hydrogen-bond donors (Lipinski definition) is 1. The zero-order chi connectivity index (χ0) is 14.4. The van der Waals surface area contributed by atoms with Gasteiger partial charge in [0, 0.05) is 31.7 Å². The minimum atomic E-state index is -0.484. The van der Waals surface area contributed by atoms with Gasteiger partial charge in [0.15, 0.2) is 0 Å². The SMILES string of the molecule is COCCNCC1(c2cc(F)cc(F)c2)CCCCC1. The van der Waals surface area contributed by atoms with Crippen molar-refractivity contribution < 1.29 is 13.5 Å². The van der Waals surface area contributed by atoms with E-state index in [1.165, 1.54) is 18.6 Å². The second-order valence-corrected chi connectivity index (χ2v) is 5.67. The number of ether oxygens (including phenoxy) is 1. The molecule has 1 aliphatic carbocycles. The Labute approximate surface area is 119 Å². The van der Waals surface area contributed by atoms with Gasteiger partial charge in [0.1, 0.15) is 11.6 Å². The van der Waals surface area contributed by atoms with E-state index in [2.05, 4.69) is 5.32 Å². The standard InChI is InChI=1S/C16H23F2NO/c1-20-8-7-19-12-16(5-3-2-4-6-16)13-9-14(17)11-15(18)10-13/h9-11,19H,2-8,12H2,1H3. The third-order valence-electron chi connectivity index (χ3n) is 4.23. The molecule has 0 radical (unpaired) electrons. The van der Waals surface area contributed by atoms with Gasteiger partial charge < -0.3 is 10.1 Å². The maximum Gasteiger partial charge on any atom is 0.126 e. The number of methoxy groups -OCH3 is 1. The van der Waals surface area contributed by atoms with Gasteiger partial charge in [-0.05, 0) is 30.5 Å². The normalized spacial score (nSPS) is 18.1. The van der Waals surface area contributed by atoms with Gasteiger partial charge in [0.05, 0.1) is 6.61 Å². The smallest absolute Gasteiger partial charge is 0.126 e. The molecule has 1 aromatic rings. The van der Waals surface area contributed by atoms with Crippen molar-refractivity contribution in [2.45, 2.75) is 37.5 Å². The van der Waals surface area contributed by atoms with Crippen LogP contribution in [0.4, 0.5) is 8.78 Å². The predicted molar refractivity (Wildman–Crippen MR) is 75.9 cm³/mol. The maximum atomic E-state index is 13.5. The van der Waals surface area contributed by atoms with Crippen molar-refractivity contribution in [1.29, 1.82) is 0 Å². The second-order valence-electron chi connectivity index (χ2n) is 5.67. The summed E-state index contributed by atoms with van der Waals surface area (Å²) in [5.74, 6) is -0.969. The fourth-order valence-corrected chi connectivity index (χ4v) is 3.16. The highest BCUT2D eigenvalue weighted by molar-refractivity contribution is 5.28. The Bertz CT molecular complexity index is 410. The largest absolute Gasteiger partial charge is 0.383 e. The zero-order valence-electron chi connectivity index (χ0n) is 12.1. The van der Waals surface area contributed by atoms with Crippen LogP contribution in [-0.4, -0.2) is 26.8 Å². The van der Waals surface area contributed by atoms with Crippen LogP contribution in [0.3, 0.4) is 0 Å². The van der Waals surface area contributed by atoms with Crippen molar-refractivity contribution in [3.8, 4) is 0 Å². The van der Waals surface area contributed by atoms with Crippen molar-refractivity contribution in [2.24, 2.45) is 0 Å². The van der Waals surface area contributed by atoms with Gasteiger partial charge >= 0.3 is 0 Å². The Morgan fingerprint density at radius 2 is 1.75 bits per heavy atom. The molecule has 1 fully saturated rings. The van der Waals surface area contributed by atoms with E-state index in [0.717, 1.165) is 50.4 Å². The highest BCUT2D eigenvalue weighted by Gasteiger charge is 2.34. The number of rotatable bonds is 6. The summed E-state index contributed by atoms with van der Waals surface area (Å²) < 4.78 is 32.1. The number of benzene rings is 1. The molecule has 0 amide bonds. The van der Waals surface area contributed by atoms with Crippen molar-refractivity contribution in [3.05, 3.63) is 35.4 Å². The Kier molecular flexibility index (Phi) is 5.49. The summed E-state index contributed by atoms with van der Waals surface area (Å²) in [5.41, 5.74) is 0.647. The minimum absolute atomic E-state index is 0.144. The Hall–Kier alpha value is -1.00. The molecule has 0 aromatic heterocycles. The van der Waals surface area contributed by atoms with Crippen molar-refractivity contribution >= 4 is 0 Å². The van der Waals surface area contributed by atoms with E-state index >= 15 is 0 Å². The number of hydrogen-bond acceptors (Lipinski definition) is 2. The first-order chi connectivity index (χ1) is 9.66. The lowest BCUT2D eigenvalue weighted by molar-refractivity contribution is 0.192. The molecule has 0 aliphatic heterocycles. The summed E-state index contributed by atoms with van der Waals surface area (Å²) in [6, 6.07) is 3.93. The molecule has 4 heteroatoms. The van der Waals surface area contributed by atoms with Crippen LogP contribution in [0.1, 0.15) is 37.7 Å². The Morgan fingerprint density at radius 3 is 2.35 bits per heavy atom. The molecule has 0 unspecified atom stereocenters. The summed E-state index contributed by atoms with van der Waals surface area (Å²) in [6.07, 6.45) is 5.40. The maximum absolute atomic E-state index is 13.5. The average molecular weight is 283 g/mol. The van der Waals surface area contributed by atoms with Crippen LogP contribution >= 0.6 is 0 Å². The van der Waals surface area contributed by atoms with Crippen LogP contribution < -0.4 is 5.32 Å². The molecule has 1 saturated carbocycles. The third kappa shape index (κ3) is 3.76. The van der Waals surface area contributed by atoms with Crippen molar-refractivity contribution in [1.82, 2.24) is 5.32 Å². The van der Waals surface area contributed by atoms with Crippen LogP contribution in [0.15, 0.2) is 18.2 Å². The molecular weight excluding hydrogens is 260 g/mol. The molecule has 0 heterocycles. The van der Waals surface area contributed by atoms with Gasteiger partial charge in [-0.15, -0.1) is 0 Å². The summed E-state index contributed by atoms with van der Waals surface area (Å²) in [6.45, 7) is 2.16. The molecular formula is C16H23F2NO. The highest BCUT2D eigenvalue weighted by Crippen LogP contribution is 2.39. The molecule has 20 heavy (non-hydrogen) atoms. The molecule has 2 nitrogen and oxygen atoms in total. The Balaban J connectivity index is 2.16. The molecule has 112 valence electrons. The summed E-state index contributed by atoms with van der Waals surface area (Å²) in [4.78, 5) is 0. The lowest BCUT2D eigenvalue weighted by Gasteiger charge is -2.38. The summed E-state index contributed by atoms with van der Waals surface area (Å²) >= 11 is 0. The zero-order valence-corrected chi connectivity index (χ0v) is 12.1. The van der Waals surface area contributed by atoms with Crippen molar-refractivity contribution in [3.63, 3.8) is 0 Å². The number of halogens is 2. The molecule has 0 spiro atoms. The van der Waals surface area contributed by atoms with Crippen molar-refractivity contribution in [2.75, 3.05) is 26.8 Å². The van der Waals surface area contributed by atoms with Gasteiger partial charge in [-0.2, -0.15) is 0 Å². The van der Waals surface area contributed by atoms with E-state index < -0.39 is 11.6 Å². The van der Waals surface area contributed by atoms with Gasteiger partial charge in [-0.25, -0.2) is 8.78 Å². The van der Waals surface area contributed by atoms with E-state index in [1.54, 1.807) is 7.11 Å². The van der Waals surface area contributed by atoms with E-state index in [0.29, 0.717) is 6.61 Å². The average Bonchev–Trinajstić information content (AvgIpc) is 2.44. The first kappa shape index (κ1) is 15.4. The molecule has 1 aliphatic rings. The van der Waals surface area contributed by atoms with E-state index in [1.807, 2.05) is 0 Å². The van der Waals surface area contributed by atoms with Crippen LogP contribution in [0.2, 0.25) is 0 Å². The molecule has 1 aromatic carbocycles. The van der Waals surface area contributed by atoms with Crippen LogP contribution in [-0.2, 0) is 10.2 Å². The topological polar surface area (TPSA) is 21.3 Å². The molecule has 0 atom stereocenters. The second kappa shape index (κ2) is 7.14. The van der Waals surface area contributed by atoms with Crippen LogP contribution in [0, 0.1) is 11.6 Å². The quantitative estimate of drug-likeness (QED) is 0.808.